The standard InChI is InChI=1S/C44H46O3.C7H8O3S/c1-42(2,3)45-35-20-14-29(15-21-35)38-28-34-26-32-12-10-11-13-33(32)27-39(34)41(31-18-24-37(25-19-31)47-44(7,8)9)40(38)30-16-22-36(23-17-30)46-43(4,5)6;1-6-2-4-7(5-3-6)11(8,9)10/h10-28H,1-9H3;2-5H,1H3,(H,8,9,10). The lowest BCUT2D eigenvalue weighted by molar-refractivity contribution is 0.130. The Labute approximate surface area is 344 Å². The molecule has 58 heavy (non-hydrogen) atoms. The van der Waals surface area contributed by atoms with Gasteiger partial charge in [-0.25, -0.2) is 0 Å². The van der Waals surface area contributed by atoms with Crippen molar-refractivity contribution in [1.29, 1.82) is 0 Å². The molecule has 7 rings (SSSR count). The zero-order chi connectivity index (χ0) is 42.0. The average molecular weight is 795 g/mol. The quantitative estimate of drug-likeness (QED) is 0.128. The van der Waals surface area contributed by atoms with E-state index in [0.29, 0.717) is 0 Å². The Morgan fingerprint density at radius 3 is 1.26 bits per heavy atom. The van der Waals surface area contributed by atoms with Crippen molar-refractivity contribution in [2.24, 2.45) is 0 Å². The summed E-state index contributed by atoms with van der Waals surface area (Å²) < 4.78 is 48.2. The van der Waals surface area contributed by atoms with Crippen molar-refractivity contribution in [1.82, 2.24) is 0 Å². The summed E-state index contributed by atoms with van der Waals surface area (Å²) in [7, 11) is -4.02. The Balaban J connectivity index is 0.000000447. The van der Waals surface area contributed by atoms with E-state index >= 15 is 0 Å². The Morgan fingerprint density at radius 1 is 0.448 bits per heavy atom. The van der Waals surface area contributed by atoms with Gasteiger partial charge in [0.15, 0.2) is 0 Å². The summed E-state index contributed by atoms with van der Waals surface area (Å²) in [6, 6.07) is 47.2. The smallest absolute Gasteiger partial charge is 0.294 e. The molecule has 0 saturated heterocycles. The largest absolute Gasteiger partial charge is 0.488 e. The van der Waals surface area contributed by atoms with Crippen molar-refractivity contribution in [3.63, 3.8) is 0 Å². The van der Waals surface area contributed by atoms with Crippen LogP contribution in [0.1, 0.15) is 67.9 Å². The first kappa shape index (κ1) is 42.0. The molecule has 7 aromatic carbocycles. The lowest BCUT2D eigenvalue weighted by atomic mass is 9.83. The van der Waals surface area contributed by atoms with Gasteiger partial charge in [0, 0.05) is 0 Å². The van der Waals surface area contributed by atoms with Crippen LogP contribution in [0.25, 0.3) is 54.9 Å². The van der Waals surface area contributed by atoms with E-state index in [1.807, 2.05) is 6.92 Å². The number of rotatable bonds is 7. The van der Waals surface area contributed by atoms with E-state index in [1.54, 1.807) is 12.1 Å². The van der Waals surface area contributed by atoms with Gasteiger partial charge in [0.05, 0.1) is 4.90 Å². The van der Waals surface area contributed by atoms with Crippen LogP contribution in [0.15, 0.2) is 144 Å². The highest BCUT2D eigenvalue weighted by Gasteiger charge is 2.21. The Hall–Kier alpha value is -5.63. The SMILES string of the molecule is CC(C)(C)Oc1ccc(-c2cc3cc4ccccc4cc3c(-c3ccc(OC(C)(C)C)cc3)c2-c2ccc(OC(C)(C)C)cc2)cc1.Cc1ccc(S(=O)(=O)O)cc1. The summed E-state index contributed by atoms with van der Waals surface area (Å²) in [5.41, 5.74) is 7.01. The van der Waals surface area contributed by atoms with Crippen LogP contribution in [-0.2, 0) is 10.1 Å². The van der Waals surface area contributed by atoms with Crippen LogP contribution < -0.4 is 14.2 Å². The number of hydrogen-bond donors (Lipinski definition) is 1. The van der Waals surface area contributed by atoms with Crippen molar-refractivity contribution >= 4 is 31.7 Å². The first-order valence-electron chi connectivity index (χ1n) is 19.5. The average Bonchev–Trinajstić information content (AvgIpc) is 3.12. The van der Waals surface area contributed by atoms with Crippen molar-refractivity contribution in [3.8, 4) is 50.6 Å². The number of aryl methyl sites for hydroxylation is 1. The zero-order valence-electron chi connectivity index (χ0n) is 35.2. The molecule has 0 fully saturated rings. The summed E-state index contributed by atoms with van der Waals surface area (Å²) in [4.78, 5) is -0.0666. The van der Waals surface area contributed by atoms with Gasteiger partial charge in [0.2, 0.25) is 0 Å². The van der Waals surface area contributed by atoms with E-state index in [-0.39, 0.29) is 21.7 Å². The van der Waals surface area contributed by atoms with Gasteiger partial charge in [0.25, 0.3) is 10.1 Å². The summed E-state index contributed by atoms with van der Waals surface area (Å²) in [6.45, 7) is 20.5. The molecule has 0 amide bonds. The molecule has 1 N–H and O–H groups in total. The fourth-order valence-electron chi connectivity index (χ4n) is 6.77. The van der Waals surface area contributed by atoms with Crippen molar-refractivity contribution in [2.45, 2.75) is 90.9 Å². The maximum atomic E-state index is 10.5. The number of ether oxygens (including phenoxy) is 3. The van der Waals surface area contributed by atoms with Crippen molar-refractivity contribution < 1.29 is 27.2 Å². The molecule has 0 atom stereocenters. The normalized spacial score (nSPS) is 12.2. The molecule has 0 bridgehead atoms. The van der Waals surface area contributed by atoms with E-state index in [2.05, 4.69) is 178 Å². The summed E-state index contributed by atoms with van der Waals surface area (Å²) >= 11 is 0. The van der Waals surface area contributed by atoms with E-state index in [1.165, 1.54) is 44.8 Å². The van der Waals surface area contributed by atoms with E-state index in [0.717, 1.165) is 45.1 Å². The first-order chi connectivity index (χ1) is 27.1. The van der Waals surface area contributed by atoms with Crippen LogP contribution >= 0.6 is 0 Å². The highest BCUT2D eigenvalue weighted by Crippen LogP contribution is 2.47. The Morgan fingerprint density at radius 2 is 0.845 bits per heavy atom. The van der Waals surface area contributed by atoms with Gasteiger partial charge in [-0.1, -0.05) is 78.4 Å². The van der Waals surface area contributed by atoms with Crippen molar-refractivity contribution in [2.75, 3.05) is 0 Å². The van der Waals surface area contributed by atoms with Crippen LogP contribution in [0, 0.1) is 6.92 Å². The minimum atomic E-state index is -4.02. The molecule has 0 aliphatic heterocycles. The van der Waals surface area contributed by atoms with Crippen LogP contribution in [-0.4, -0.2) is 29.8 Å². The monoisotopic (exact) mass is 794 g/mol. The summed E-state index contributed by atoms with van der Waals surface area (Å²) in [5, 5.41) is 4.83. The molecule has 0 radical (unpaired) electrons. The second-order valence-electron chi connectivity index (χ2n) is 17.6. The number of hydrogen-bond acceptors (Lipinski definition) is 5. The zero-order valence-corrected chi connectivity index (χ0v) is 36.0. The molecule has 0 heterocycles. The van der Waals surface area contributed by atoms with Gasteiger partial charge in [0.1, 0.15) is 34.1 Å². The molecule has 0 spiro atoms. The van der Waals surface area contributed by atoms with Gasteiger partial charge < -0.3 is 14.2 Å². The molecule has 0 aliphatic rings. The van der Waals surface area contributed by atoms with Crippen LogP contribution in [0.5, 0.6) is 17.2 Å². The molecule has 300 valence electrons. The second kappa shape index (κ2) is 16.3. The number of benzene rings is 7. The number of fused-ring (bicyclic) bond motifs is 2. The molecule has 7 heteroatoms. The van der Waals surface area contributed by atoms with Crippen LogP contribution in [0.3, 0.4) is 0 Å². The lowest BCUT2D eigenvalue weighted by Crippen LogP contribution is -2.22. The molecule has 0 unspecified atom stereocenters. The first-order valence-corrected chi connectivity index (χ1v) is 21.0. The van der Waals surface area contributed by atoms with Gasteiger partial charge in [-0.2, -0.15) is 8.42 Å². The predicted molar refractivity (Wildman–Crippen MR) is 240 cm³/mol. The molecular formula is C51H54O6S. The summed E-state index contributed by atoms with van der Waals surface area (Å²) in [5.74, 6) is 2.56. The molecule has 6 nitrogen and oxygen atoms in total. The Bertz CT molecular complexity index is 2620. The van der Waals surface area contributed by atoms with E-state index < -0.39 is 10.1 Å². The second-order valence-corrected chi connectivity index (χ2v) is 19.0. The lowest BCUT2D eigenvalue weighted by Gasteiger charge is -2.24. The van der Waals surface area contributed by atoms with E-state index in [4.69, 9.17) is 18.8 Å². The van der Waals surface area contributed by atoms with Gasteiger partial charge in [-0.05, 0) is 191 Å². The van der Waals surface area contributed by atoms with Gasteiger partial charge >= 0.3 is 0 Å². The van der Waals surface area contributed by atoms with E-state index in [9.17, 15) is 8.42 Å². The Kier molecular flexibility index (Phi) is 11.8. The summed E-state index contributed by atoms with van der Waals surface area (Å²) in [6.07, 6.45) is 0. The van der Waals surface area contributed by atoms with Gasteiger partial charge in [-0.15, -0.1) is 0 Å². The maximum Gasteiger partial charge on any atom is 0.294 e. The van der Waals surface area contributed by atoms with Crippen LogP contribution in [0.4, 0.5) is 0 Å². The minimum Gasteiger partial charge on any atom is -0.488 e. The molecule has 0 aromatic heterocycles. The highest BCUT2D eigenvalue weighted by atomic mass is 32.2. The minimum absolute atomic E-state index is 0.0666. The fourth-order valence-corrected chi connectivity index (χ4v) is 7.25. The molecule has 0 saturated carbocycles. The molecule has 7 aromatic rings. The third-order valence-corrected chi connectivity index (χ3v) is 9.92. The van der Waals surface area contributed by atoms with Crippen LogP contribution in [0.2, 0.25) is 0 Å². The molecule has 0 aliphatic carbocycles. The maximum absolute atomic E-state index is 10.5. The van der Waals surface area contributed by atoms with Crippen molar-refractivity contribution in [3.05, 3.63) is 145 Å². The predicted octanol–water partition coefficient (Wildman–Crippen LogP) is 13.8. The third-order valence-electron chi connectivity index (χ3n) is 9.05. The molecular weight excluding hydrogens is 741 g/mol. The fraction of sp³-hybridized carbons (Fsp3) is 0.255. The van der Waals surface area contributed by atoms with Gasteiger partial charge in [-0.3, -0.25) is 4.55 Å². The highest BCUT2D eigenvalue weighted by molar-refractivity contribution is 7.85. The topological polar surface area (TPSA) is 82.1 Å². The third kappa shape index (κ3) is 10.9.